The highest BCUT2D eigenvalue weighted by Gasteiger charge is 2.30. The molecule has 2 aromatic carbocycles. The predicted octanol–water partition coefficient (Wildman–Crippen LogP) is 3.93. The van der Waals surface area contributed by atoms with Crippen LogP contribution in [0.4, 0.5) is 4.79 Å². The van der Waals surface area contributed by atoms with Crippen molar-refractivity contribution in [1.82, 2.24) is 10.2 Å². The second-order valence-electron chi connectivity index (χ2n) is 7.46. The topological polar surface area (TPSA) is 58.6 Å². The van der Waals surface area contributed by atoms with E-state index in [4.69, 9.17) is 4.74 Å². The molecule has 1 N–H and O–H groups in total. The first-order valence-corrected chi connectivity index (χ1v) is 10.1. The van der Waals surface area contributed by atoms with Crippen LogP contribution in [0.25, 0.3) is 11.1 Å². The third-order valence-corrected chi connectivity index (χ3v) is 5.76. The summed E-state index contributed by atoms with van der Waals surface area (Å²) in [7, 11) is 0. The molecule has 1 aliphatic heterocycles. The molecular formula is C23H26N2O3. The summed E-state index contributed by atoms with van der Waals surface area (Å²) in [5.41, 5.74) is 4.75. The van der Waals surface area contributed by atoms with Crippen molar-refractivity contribution in [3.63, 3.8) is 0 Å². The van der Waals surface area contributed by atoms with Crippen LogP contribution in [0.3, 0.4) is 0 Å². The fourth-order valence-electron chi connectivity index (χ4n) is 4.28. The number of alkyl carbamates (subject to hydrolysis) is 1. The van der Waals surface area contributed by atoms with Crippen LogP contribution < -0.4 is 5.32 Å². The van der Waals surface area contributed by atoms with Crippen molar-refractivity contribution in [2.45, 2.75) is 38.1 Å². The third-order valence-electron chi connectivity index (χ3n) is 5.76. The minimum Gasteiger partial charge on any atom is -0.449 e. The van der Waals surface area contributed by atoms with E-state index < -0.39 is 12.1 Å². The number of nitrogens with one attached hydrogen (secondary N) is 1. The van der Waals surface area contributed by atoms with Gasteiger partial charge in [0.15, 0.2) is 0 Å². The molecule has 28 heavy (non-hydrogen) atoms. The molecule has 2 aromatic rings. The van der Waals surface area contributed by atoms with E-state index in [-0.39, 0.29) is 18.4 Å². The molecule has 1 aliphatic carbocycles. The molecule has 2 amide bonds. The van der Waals surface area contributed by atoms with E-state index in [1.807, 2.05) is 36.1 Å². The largest absolute Gasteiger partial charge is 0.449 e. The van der Waals surface area contributed by atoms with Crippen LogP contribution in [-0.2, 0) is 9.53 Å². The monoisotopic (exact) mass is 378 g/mol. The second-order valence-corrected chi connectivity index (χ2v) is 7.46. The molecule has 0 bridgehead atoms. The fraction of sp³-hybridized carbons (Fsp3) is 0.391. The first kappa shape index (κ1) is 18.5. The maximum atomic E-state index is 12.6. The smallest absolute Gasteiger partial charge is 0.407 e. The Morgan fingerprint density at radius 1 is 1.04 bits per heavy atom. The number of hydrogen-bond donors (Lipinski definition) is 1. The minimum absolute atomic E-state index is 0.00601. The summed E-state index contributed by atoms with van der Waals surface area (Å²) >= 11 is 0. The zero-order chi connectivity index (χ0) is 19.5. The zero-order valence-corrected chi connectivity index (χ0v) is 16.2. The lowest BCUT2D eigenvalue weighted by atomic mass is 9.98. The van der Waals surface area contributed by atoms with E-state index in [9.17, 15) is 9.59 Å². The van der Waals surface area contributed by atoms with Crippen molar-refractivity contribution in [2.75, 3.05) is 19.7 Å². The molecule has 0 saturated carbocycles. The number of hydrogen-bond acceptors (Lipinski definition) is 3. The quantitative estimate of drug-likeness (QED) is 0.858. The summed E-state index contributed by atoms with van der Waals surface area (Å²) in [5, 5.41) is 2.76. The van der Waals surface area contributed by atoms with E-state index in [2.05, 4.69) is 29.6 Å². The van der Waals surface area contributed by atoms with Crippen molar-refractivity contribution in [1.29, 1.82) is 0 Å². The molecule has 0 radical (unpaired) electrons. The maximum absolute atomic E-state index is 12.6. The van der Waals surface area contributed by atoms with E-state index in [1.165, 1.54) is 22.3 Å². The molecule has 1 fully saturated rings. The SMILES string of the molecule is CC[C@H](NC(=O)OCC1c2ccccc2-c2ccccc21)C(=O)N1CCCC1. The summed E-state index contributed by atoms with van der Waals surface area (Å²) in [6.07, 6.45) is 2.10. The standard InChI is InChI=1S/C23H26N2O3/c1-2-21(22(26)25-13-7-8-14-25)24-23(27)28-15-20-18-11-5-3-9-16(18)17-10-4-6-12-19(17)20/h3-6,9-12,20-21H,2,7-8,13-15H2,1H3,(H,24,27)/t21-/m0/s1. The Hall–Kier alpha value is -2.82. The summed E-state index contributed by atoms with van der Waals surface area (Å²) in [4.78, 5) is 26.8. The van der Waals surface area contributed by atoms with Gasteiger partial charge in [-0.3, -0.25) is 4.79 Å². The average Bonchev–Trinajstić information content (AvgIpc) is 3.37. The van der Waals surface area contributed by atoms with Gasteiger partial charge in [0.05, 0.1) is 0 Å². The van der Waals surface area contributed by atoms with Crippen molar-refractivity contribution in [2.24, 2.45) is 0 Å². The van der Waals surface area contributed by atoms with Crippen molar-refractivity contribution >= 4 is 12.0 Å². The maximum Gasteiger partial charge on any atom is 0.407 e. The van der Waals surface area contributed by atoms with E-state index in [0.29, 0.717) is 6.42 Å². The Kier molecular flexibility index (Phi) is 5.33. The molecule has 1 atom stereocenters. The lowest BCUT2D eigenvalue weighted by molar-refractivity contribution is -0.132. The molecule has 0 aromatic heterocycles. The number of likely N-dealkylation sites (tertiary alicyclic amines) is 1. The number of rotatable bonds is 5. The van der Waals surface area contributed by atoms with Gasteiger partial charge in [-0.1, -0.05) is 55.5 Å². The molecule has 146 valence electrons. The van der Waals surface area contributed by atoms with Gasteiger partial charge < -0.3 is 15.0 Å². The summed E-state index contributed by atoms with van der Waals surface area (Å²) in [6.45, 7) is 3.72. The van der Waals surface area contributed by atoms with Gasteiger partial charge in [0.1, 0.15) is 12.6 Å². The number of fused-ring (bicyclic) bond motifs is 3. The van der Waals surface area contributed by atoms with Gasteiger partial charge in [-0.25, -0.2) is 4.79 Å². The molecule has 1 heterocycles. The fourth-order valence-corrected chi connectivity index (χ4v) is 4.28. The van der Waals surface area contributed by atoms with Crippen molar-refractivity contribution in [3.05, 3.63) is 59.7 Å². The van der Waals surface area contributed by atoms with Gasteiger partial charge in [0.2, 0.25) is 5.91 Å². The van der Waals surface area contributed by atoms with E-state index >= 15 is 0 Å². The van der Waals surface area contributed by atoms with Gasteiger partial charge in [0, 0.05) is 19.0 Å². The molecule has 1 saturated heterocycles. The van der Waals surface area contributed by atoms with Crippen LogP contribution >= 0.6 is 0 Å². The Labute approximate surface area is 165 Å². The summed E-state index contributed by atoms with van der Waals surface area (Å²) < 4.78 is 5.56. The normalized spacial score (nSPS) is 16.4. The molecule has 5 nitrogen and oxygen atoms in total. The molecule has 4 rings (SSSR count). The Bertz CT molecular complexity index is 828. The number of amides is 2. The van der Waals surface area contributed by atoms with E-state index in [0.717, 1.165) is 25.9 Å². The van der Waals surface area contributed by atoms with Crippen LogP contribution in [0.15, 0.2) is 48.5 Å². The van der Waals surface area contributed by atoms with Crippen molar-refractivity contribution < 1.29 is 14.3 Å². The second kappa shape index (κ2) is 8.05. The predicted molar refractivity (Wildman–Crippen MR) is 108 cm³/mol. The van der Waals surface area contributed by atoms with Gasteiger partial charge in [0.25, 0.3) is 0 Å². The van der Waals surface area contributed by atoms with Gasteiger partial charge >= 0.3 is 6.09 Å². The Morgan fingerprint density at radius 3 is 2.18 bits per heavy atom. The molecule has 0 spiro atoms. The van der Waals surface area contributed by atoms with Crippen molar-refractivity contribution in [3.8, 4) is 11.1 Å². The lowest BCUT2D eigenvalue weighted by Crippen LogP contribution is -2.47. The highest BCUT2D eigenvalue weighted by molar-refractivity contribution is 5.86. The Morgan fingerprint density at radius 2 is 1.61 bits per heavy atom. The summed E-state index contributed by atoms with van der Waals surface area (Å²) in [5.74, 6) is 0.0148. The first-order chi connectivity index (χ1) is 13.7. The first-order valence-electron chi connectivity index (χ1n) is 10.1. The van der Waals surface area contributed by atoms with Crippen LogP contribution in [0.5, 0.6) is 0 Å². The summed E-state index contributed by atoms with van der Waals surface area (Å²) in [6, 6.07) is 16.0. The highest BCUT2D eigenvalue weighted by atomic mass is 16.5. The van der Waals surface area contributed by atoms with E-state index in [1.54, 1.807) is 0 Å². The van der Waals surface area contributed by atoms with Crippen LogP contribution in [-0.4, -0.2) is 42.6 Å². The molecule has 5 heteroatoms. The lowest BCUT2D eigenvalue weighted by Gasteiger charge is -2.23. The van der Waals surface area contributed by atoms with Gasteiger partial charge in [-0.15, -0.1) is 0 Å². The van der Waals surface area contributed by atoms with Gasteiger partial charge in [-0.05, 0) is 41.5 Å². The minimum atomic E-state index is -0.527. The highest BCUT2D eigenvalue weighted by Crippen LogP contribution is 2.44. The van der Waals surface area contributed by atoms with Crippen LogP contribution in [0.2, 0.25) is 0 Å². The molecular weight excluding hydrogens is 352 g/mol. The average molecular weight is 378 g/mol. The number of benzene rings is 2. The number of ether oxygens (including phenoxy) is 1. The number of nitrogens with zero attached hydrogens (tertiary/aromatic N) is 1. The number of carbonyl (C=O) groups is 2. The van der Waals surface area contributed by atoms with Crippen LogP contribution in [0, 0.1) is 0 Å². The molecule has 0 unspecified atom stereocenters. The third kappa shape index (κ3) is 3.49. The Balaban J connectivity index is 1.41. The zero-order valence-electron chi connectivity index (χ0n) is 16.2. The van der Waals surface area contributed by atoms with Gasteiger partial charge in [-0.2, -0.15) is 0 Å². The number of carbonyl (C=O) groups excluding carboxylic acids is 2. The van der Waals surface area contributed by atoms with Crippen LogP contribution in [0.1, 0.15) is 43.2 Å². The molecule has 2 aliphatic rings.